The Morgan fingerprint density at radius 2 is 2.16 bits per heavy atom. The van der Waals surface area contributed by atoms with E-state index >= 15 is 0 Å². The Balaban J connectivity index is 2.08. The topological polar surface area (TPSA) is 50.4 Å². The minimum Gasteiger partial charge on any atom is -0.383 e. The summed E-state index contributed by atoms with van der Waals surface area (Å²) in [7, 11) is 1.67. The van der Waals surface area contributed by atoms with Crippen LogP contribution in [0.1, 0.15) is 12.0 Å². The standard InChI is InChI=1S/C14H21BrN2O2/c1-19-10-9-16-7-8-17-14(18)6-5-12-3-2-4-13(15)11-12/h2-4,11,16H,5-10H2,1H3,(H,17,18). The van der Waals surface area contributed by atoms with E-state index in [0.29, 0.717) is 19.6 Å². The van der Waals surface area contributed by atoms with Crippen molar-refractivity contribution in [1.82, 2.24) is 10.6 Å². The van der Waals surface area contributed by atoms with Crippen molar-refractivity contribution < 1.29 is 9.53 Å². The summed E-state index contributed by atoms with van der Waals surface area (Å²) in [5, 5.41) is 6.07. The number of halogens is 1. The van der Waals surface area contributed by atoms with Gasteiger partial charge in [-0.15, -0.1) is 0 Å². The largest absolute Gasteiger partial charge is 0.383 e. The summed E-state index contributed by atoms with van der Waals surface area (Å²) in [5.74, 6) is 0.0912. The Kier molecular flexibility index (Phi) is 8.45. The zero-order chi connectivity index (χ0) is 13.9. The molecule has 0 atom stereocenters. The lowest BCUT2D eigenvalue weighted by Crippen LogP contribution is -2.33. The van der Waals surface area contributed by atoms with Gasteiger partial charge in [0.2, 0.25) is 5.91 Å². The lowest BCUT2D eigenvalue weighted by molar-refractivity contribution is -0.121. The first-order valence-electron chi connectivity index (χ1n) is 6.43. The highest BCUT2D eigenvalue weighted by molar-refractivity contribution is 9.10. The molecule has 0 unspecified atom stereocenters. The van der Waals surface area contributed by atoms with Crippen LogP contribution in [0.25, 0.3) is 0 Å². The maximum Gasteiger partial charge on any atom is 0.220 e. The molecule has 0 bridgehead atoms. The molecular formula is C14H21BrN2O2. The Morgan fingerprint density at radius 3 is 2.89 bits per heavy atom. The molecule has 0 spiro atoms. The van der Waals surface area contributed by atoms with Crippen LogP contribution in [0.4, 0.5) is 0 Å². The van der Waals surface area contributed by atoms with E-state index in [1.165, 1.54) is 5.56 Å². The van der Waals surface area contributed by atoms with E-state index in [4.69, 9.17) is 4.74 Å². The molecule has 19 heavy (non-hydrogen) atoms. The van der Waals surface area contributed by atoms with Crippen molar-refractivity contribution >= 4 is 21.8 Å². The molecule has 4 nitrogen and oxygen atoms in total. The Hall–Kier alpha value is -0.910. The zero-order valence-corrected chi connectivity index (χ0v) is 12.8. The van der Waals surface area contributed by atoms with E-state index in [1.54, 1.807) is 7.11 Å². The monoisotopic (exact) mass is 328 g/mol. The van der Waals surface area contributed by atoms with E-state index in [1.807, 2.05) is 24.3 Å². The lowest BCUT2D eigenvalue weighted by Gasteiger charge is -2.07. The van der Waals surface area contributed by atoms with Gasteiger partial charge < -0.3 is 15.4 Å². The lowest BCUT2D eigenvalue weighted by atomic mass is 10.1. The number of rotatable bonds is 9. The highest BCUT2D eigenvalue weighted by Gasteiger charge is 2.01. The highest BCUT2D eigenvalue weighted by atomic mass is 79.9. The van der Waals surface area contributed by atoms with E-state index in [-0.39, 0.29) is 5.91 Å². The summed E-state index contributed by atoms with van der Waals surface area (Å²) in [6.07, 6.45) is 1.29. The number of hydrogen-bond acceptors (Lipinski definition) is 3. The number of ether oxygens (including phenoxy) is 1. The summed E-state index contributed by atoms with van der Waals surface area (Å²) < 4.78 is 5.96. The van der Waals surface area contributed by atoms with Crippen LogP contribution in [0, 0.1) is 0 Å². The van der Waals surface area contributed by atoms with Gasteiger partial charge in [-0.1, -0.05) is 28.1 Å². The number of aryl methyl sites for hydroxylation is 1. The molecule has 0 aliphatic rings. The van der Waals surface area contributed by atoms with Gasteiger partial charge in [0.25, 0.3) is 0 Å². The number of hydrogen-bond donors (Lipinski definition) is 2. The number of carbonyl (C=O) groups excluding carboxylic acids is 1. The molecule has 0 heterocycles. The van der Waals surface area contributed by atoms with Crippen LogP contribution in [0.15, 0.2) is 28.7 Å². The molecule has 2 N–H and O–H groups in total. The van der Waals surface area contributed by atoms with Gasteiger partial charge in [0, 0.05) is 37.6 Å². The Morgan fingerprint density at radius 1 is 1.32 bits per heavy atom. The second kappa shape index (κ2) is 9.95. The fraction of sp³-hybridized carbons (Fsp3) is 0.500. The van der Waals surface area contributed by atoms with Crippen molar-refractivity contribution in [3.63, 3.8) is 0 Å². The molecule has 106 valence electrons. The number of amides is 1. The van der Waals surface area contributed by atoms with Crippen LogP contribution in [-0.4, -0.2) is 39.3 Å². The van der Waals surface area contributed by atoms with Crippen LogP contribution >= 0.6 is 15.9 Å². The summed E-state index contributed by atoms with van der Waals surface area (Å²) in [5.41, 5.74) is 1.17. The molecule has 1 aromatic rings. The van der Waals surface area contributed by atoms with Gasteiger partial charge in [-0.2, -0.15) is 0 Å². The molecule has 5 heteroatoms. The average molecular weight is 329 g/mol. The molecule has 1 aromatic carbocycles. The molecule has 0 aromatic heterocycles. The third-order valence-electron chi connectivity index (χ3n) is 2.64. The average Bonchev–Trinajstić information content (AvgIpc) is 2.40. The predicted octanol–water partition coefficient (Wildman–Crippen LogP) is 1.73. The first-order valence-corrected chi connectivity index (χ1v) is 7.22. The van der Waals surface area contributed by atoms with Crippen LogP contribution in [-0.2, 0) is 16.0 Å². The van der Waals surface area contributed by atoms with E-state index < -0.39 is 0 Å². The molecule has 0 aliphatic carbocycles. The minimum absolute atomic E-state index is 0.0912. The predicted molar refractivity (Wildman–Crippen MR) is 80.2 cm³/mol. The summed E-state index contributed by atoms with van der Waals surface area (Å²) in [6, 6.07) is 8.04. The fourth-order valence-electron chi connectivity index (χ4n) is 1.63. The Bertz CT molecular complexity index is 385. The minimum atomic E-state index is 0.0912. The zero-order valence-electron chi connectivity index (χ0n) is 11.2. The van der Waals surface area contributed by atoms with E-state index in [9.17, 15) is 4.79 Å². The third kappa shape index (κ3) is 7.97. The SMILES string of the molecule is COCCNCCNC(=O)CCc1cccc(Br)c1. The Labute approximate surface area is 123 Å². The second-order valence-electron chi connectivity index (χ2n) is 4.22. The molecule has 0 radical (unpaired) electrons. The molecule has 0 aliphatic heterocycles. The van der Waals surface area contributed by atoms with Crippen molar-refractivity contribution in [2.75, 3.05) is 33.4 Å². The maximum atomic E-state index is 11.6. The molecular weight excluding hydrogens is 308 g/mol. The number of methoxy groups -OCH3 is 1. The van der Waals surface area contributed by atoms with Crippen molar-refractivity contribution in [1.29, 1.82) is 0 Å². The smallest absolute Gasteiger partial charge is 0.220 e. The molecule has 0 fully saturated rings. The fourth-order valence-corrected chi connectivity index (χ4v) is 2.07. The van der Waals surface area contributed by atoms with Crippen LogP contribution in [0.5, 0.6) is 0 Å². The first-order chi connectivity index (χ1) is 9.22. The third-order valence-corrected chi connectivity index (χ3v) is 3.13. The summed E-state index contributed by atoms with van der Waals surface area (Å²) in [4.78, 5) is 11.6. The molecule has 0 saturated heterocycles. The first kappa shape index (κ1) is 16.1. The van der Waals surface area contributed by atoms with Crippen LogP contribution < -0.4 is 10.6 Å². The van der Waals surface area contributed by atoms with Gasteiger partial charge in [-0.3, -0.25) is 4.79 Å². The van der Waals surface area contributed by atoms with Gasteiger partial charge in [-0.05, 0) is 24.1 Å². The van der Waals surface area contributed by atoms with Gasteiger partial charge in [0.15, 0.2) is 0 Å². The number of nitrogens with one attached hydrogen (secondary N) is 2. The maximum absolute atomic E-state index is 11.6. The van der Waals surface area contributed by atoms with Crippen molar-refractivity contribution in [2.45, 2.75) is 12.8 Å². The number of benzene rings is 1. The van der Waals surface area contributed by atoms with Crippen molar-refractivity contribution in [2.24, 2.45) is 0 Å². The number of carbonyl (C=O) groups is 1. The van der Waals surface area contributed by atoms with Crippen molar-refractivity contribution in [3.05, 3.63) is 34.3 Å². The normalized spacial score (nSPS) is 10.4. The van der Waals surface area contributed by atoms with Gasteiger partial charge in [-0.25, -0.2) is 0 Å². The van der Waals surface area contributed by atoms with Crippen molar-refractivity contribution in [3.8, 4) is 0 Å². The van der Waals surface area contributed by atoms with Crippen LogP contribution in [0.3, 0.4) is 0 Å². The van der Waals surface area contributed by atoms with Gasteiger partial charge in [0.1, 0.15) is 0 Å². The van der Waals surface area contributed by atoms with Gasteiger partial charge >= 0.3 is 0 Å². The molecule has 1 amide bonds. The highest BCUT2D eigenvalue weighted by Crippen LogP contribution is 2.12. The molecule has 1 rings (SSSR count). The van der Waals surface area contributed by atoms with E-state index in [0.717, 1.165) is 24.0 Å². The molecule has 0 saturated carbocycles. The summed E-state index contributed by atoms with van der Waals surface area (Å²) in [6.45, 7) is 2.92. The van der Waals surface area contributed by atoms with Gasteiger partial charge in [0.05, 0.1) is 6.61 Å². The van der Waals surface area contributed by atoms with Crippen LogP contribution in [0.2, 0.25) is 0 Å². The second-order valence-corrected chi connectivity index (χ2v) is 5.14. The quantitative estimate of drug-likeness (QED) is 0.679. The summed E-state index contributed by atoms with van der Waals surface area (Å²) >= 11 is 3.42. The van der Waals surface area contributed by atoms with E-state index in [2.05, 4.69) is 26.6 Å².